The topological polar surface area (TPSA) is 69.2 Å². The highest BCUT2D eigenvalue weighted by molar-refractivity contribution is 5.94. The summed E-state index contributed by atoms with van der Waals surface area (Å²) in [6.07, 6.45) is 1.54. The normalized spacial score (nSPS) is 9.86. The van der Waals surface area contributed by atoms with Gasteiger partial charge in [0.05, 0.1) is 11.8 Å². The molecule has 1 heterocycles. The Morgan fingerprint density at radius 2 is 2.10 bits per heavy atom. The molecule has 21 heavy (non-hydrogen) atoms. The summed E-state index contributed by atoms with van der Waals surface area (Å²) >= 11 is 0. The number of rotatable bonds is 3. The maximum atomic E-state index is 12.3. The van der Waals surface area contributed by atoms with Crippen LogP contribution in [0.5, 0.6) is 0 Å². The first-order chi connectivity index (χ1) is 10.1. The van der Waals surface area contributed by atoms with Gasteiger partial charge in [-0.15, -0.1) is 0 Å². The lowest BCUT2D eigenvalue weighted by molar-refractivity contribution is 0.0784. The van der Waals surface area contributed by atoms with Gasteiger partial charge in [0.2, 0.25) is 0 Å². The Morgan fingerprint density at radius 3 is 2.67 bits per heavy atom. The average molecular weight is 283 g/mol. The predicted molar refractivity (Wildman–Crippen MR) is 79.5 cm³/mol. The minimum Gasteiger partial charge on any atom is -0.384 e. The summed E-state index contributed by atoms with van der Waals surface area (Å²) in [4.78, 5) is 13.9. The lowest BCUT2D eigenvalue weighted by atomic mass is 10.1. The van der Waals surface area contributed by atoms with Crippen LogP contribution in [0, 0.1) is 18.8 Å². The highest BCUT2D eigenvalue weighted by atomic mass is 16.2. The highest BCUT2D eigenvalue weighted by Crippen LogP contribution is 2.11. The van der Waals surface area contributed by atoms with Crippen LogP contribution in [0.3, 0.4) is 0 Å². The maximum absolute atomic E-state index is 12.3. The SMILES string of the molecule is Cc1[nH]ncc1C(=O)N(C)Cc1ccc(C#CCO)cc1. The summed E-state index contributed by atoms with van der Waals surface area (Å²) in [5.41, 5.74) is 3.21. The largest absolute Gasteiger partial charge is 0.384 e. The number of aryl methyl sites for hydroxylation is 1. The van der Waals surface area contributed by atoms with Crippen molar-refractivity contribution in [2.45, 2.75) is 13.5 Å². The second-order valence-corrected chi connectivity index (χ2v) is 4.73. The van der Waals surface area contributed by atoms with E-state index < -0.39 is 0 Å². The zero-order valence-corrected chi connectivity index (χ0v) is 12.1. The van der Waals surface area contributed by atoms with Crippen molar-refractivity contribution in [2.24, 2.45) is 0 Å². The molecule has 0 saturated carbocycles. The van der Waals surface area contributed by atoms with E-state index in [0.29, 0.717) is 12.1 Å². The fourth-order valence-electron chi connectivity index (χ4n) is 1.95. The number of carbonyl (C=O) groups is 1. The minimum atomic E-state index is -0.150. The molecule has 1 aromatic carbocycles. The van der Waals surface area contributed by atoms with Crippen LogP contribution in [-0.4, -0.2) is 39.8 Å². The summed E-state index contributed by atoms with van der Waals surface area (Å²) in [5, 5.41) is 15.3. The van der Waals surface area contributed by atoms with Gasteiger partial charge in [0.25, 0.3) is 5.91 Å². The molecular weight excluding hydrogens is 266 g/mol. The van der Waals surface area contributed by atoms with Crippen LogP contribution in [0.15, 0.2) is 30.5 Å². The summed E-state index contributed by atoms with van der Waals surface area (Å²) in [5.74, 6) is 5.37. The quantitative estimate of drug-likeness (QED) is 0.835. The second kappa shape index (κ2) is 6.73. The smallest absolute Gasteiger partial charge is 0.257 e. The first kappa shape index (κ1) is 14.8. The summed E-state index contributed by atoms with van der Waals surface area (Å²) in [6.45, 7) is 2.18. The number of amides is 1. The van der Waals surface area contributed by atoms with E-state index in [4.69, 9.17) is 5.11 Å². The number of nitrogens with one attached hydrogen (secondary N) is 1. The van der Waals surface area contributed by atoms with E-state index in [0.717, 1.165) is 16.8 Å². The Morgan fingerprint density at radius 1 is 1.38 bits per heavy atom. The standard InChI is InChI=1S/C16H17N3O2/c1-12-15(10-17-18-12)16(21)19(2)11-14-7-5-13(6-8-14)4-3-9-20/h5-8,10,20H,9,11H2,1-2H3,(H,17,18). The van der Waals surface area contributed by atoms with E-state index in [1.165, 1.54) is 0 Å². The Balaban J connectivity index is 2.04. The van der Waals surface area contributed by atoms with Crippen molar-refractivity contribution in [3.63, 3.8) is 0 Å². The van der Waals surface area contributed by atoms with Crippen LogP contribution in [0.4, 0.5) is 0 Å². The van der Waals surface area contributed by atoms with Crippen LogP contribution in [0.1, 0.15) is 27.2 Å². The first-order valence-corrected chi connectivity index (χ1v) is 6.56. The van der Waals surface area contributed by atoms with Crippen molar-refractivity contribution < 1.29 is 9.90 Å². The second-order valence-electron chi connectivity index (χ2n) is 4.73. The summed E-state index contributed by atoms with van der Waals surface area (Å²) in [7, 11) is 1.76. The van der Waals surface area contributed by atoms with Gasteiger partial charge >= 0.3 is 0 Å². The number of carbonyl (C=O) groups excluding carboxylic acids is 1. The molecule has 0 aliphatic carbocycles. The van der Waals surface area contributed by atoms with Gasteiger partial charge < -0.3 is 10.0 Å². The third-order valence-corrected chi connectivity index (χ3v) is 3.09. The number of aliphatic hydroxyl groups excluding tert-OH is 1. The number of aromatic amines is 1. The zero-order valence-electron chi connectivity index (χ0n) is 12.1. The molecule has 1 aromatic heterocycles. The lowest BCUT2D eigenvalue weighted by Gasteiger charge is -2.16. The van der Waals surface area contributed by atoms with E-state index in [2.05, 4.69) is 22.0 Å². The molecule has 0 fully saturated rings. The minimum absolute atomic E-state index is 0.0644. The molecule has 1 amide bonds. The van der Waals surface area contributed by atoms with E-state index in [1.807, 2.05) is 31.2 Å². The molecule has 2 N–H and O–H groups in total. The number of nitrogens with zero attached hydrogens (tertiary/aromatic N) is 2. The van der Waals surface area contributed by atoms with Gasteiger partial charge in [-0.1, -0.05) is 24.0 Å². The third-order valence-electron chi connectivity index (χ3n) is 3.09. The number of hydrogen-bond acceptors (Lipinski definition) is 3. The molecule has 0 aliphatic rings. The molecule has 5 nitrogen and oxygen atoms in total. The van der Waals surface area contributed by atoms with Gasteiger partial charge in [-0.2, -0.15) is 5.10 Å². The Labute approximate surface area is 123 Å². The zero-order chi connectivity index (χ0) is 15.2. The molecule has 5 heteroatoms. The average Bonchev–Trinajstić information content (AvgIpc) is 2.92. The van der Waals surface area contributed by atoms with Crippen molar-refractivity contribution in [1.82, 2.24) is 15.1 Å². The fourth-order valence-corrected chi connectivity index (χ4v) is 1.95. The van der Waals surface area contributed by atoms with Crippen LogP contribution < -0.4 is 0 Å². The number of benzene rings is 1. The summed E-state index contributed by atoms with van der Waals surface area (Å²) < 4.78 is 0. The van der Waals surface area contributed by atoms with Crippen LogP contribution in [0.25, 0.3) is 0 Å². The van der Waals surface area contributed by atoms with Gasteiger partial charge in [0.15, 0.2) is 0 Å². The van der Waals surface area contributed by atoms with E-state index >= 15 is 0 Å². The fraction of sp³-hybridized carbons (Fsp3) is 0.250. The van der Waals surface area contributed by atoms with Crippen molar-refractivity contribution in [2.75, 3.05) is 13.7 Å². The van der Waals surface area contributed by atoms with Crippen LogP contribution in [0.2, 0.25) is 0 Å². The highest BCUT2D eigenvalue weighted by Gasteiger charge is 2.15. The number of hydrogen-bond donors (Lipinski definition) is 2. The van der Waals surface area contributed by atoms with Gasteiger partial charge in [-0.25, -0.2) is 0 Å². The van der Waals surface area contributed by atoms with Crippen molar-refractivity contribution >= 4 is 5.91 Å². The molecule has 0 saturated heterocycles. The van der Waals surface area contributed by atoms with Crippen molar-refractivity contribution in [3.8, 4) is 11.8 Å². The van der Waals surface area contributed by atoms with Crippen LogP contribution >= 0.6 is 0 Å². The predicted octanol–water partition coefficient (Wildman–Crippen LogP) is 1.33. The Hall–Kier alpha value is -2.58. The molecule has 0 spiro atoms. The third kappa shape index (κ3) is 3.71. The molecular formula is C16H17N3O2. The summed E-state index contributed by atoms with van der Waals surface area (Å²) in [6, 6.07) is 7.60. The molecule has 2 rings (SSSR count). The van der Waals surface area contributed by atoms with Gasteiger partial charge in [0.1, 0.15) is 6.61 Å². The molecule has 108 valence electrons. The van der Waals surface area contributed by atoms with Gasteiger partial charge in [-0.3, -0.25) is 9.89 Å². The molecule has 0 radical (unpaired) electrons. The van der Waals surface area contributed by atoms with E-state index in [9.17, 15) is 4.79 Å². The van der Waals surface area contributed by atoms with E-state index in [-0.39, 0.29) is 12.5 Å². The Kier molecular flexibility index (Phi) is 4.75. The van der Waals surface area contributed by atoms with Crippen LogP contribution in [-0.2, 0) is 6.54 Å². The Bertz CT molecular complexity index is 678. The molecule has 2 aromatic rings. The first-order valence-electron chi connectivity index (χ1n) is 6.56. The van der Waals surface area contributed by atoms with E-state index in [1.54, 1.807) is 18.1 Å². The number of aliphatic hydroxyl groups is 1. The van der Waals surface area contributed by atoms with Crippen molar-refractivity contribution in [1.29, 1.82) is 0 Å². The van der Waals surface area contributed by atoms with Gasteiger partial charge in [-0.05, 0) is 24.6 Å². The lowest BCUT2D eigenvalue weighted by Crippen LogP contribution is -2.26. The monoisotopic (exact) mass is 283 g/mol. The molecule has 0 atom stereocenters. The number of H-pyrrole nitrogens is 1. The molecule has 0 aliphatic heterocycles. The number of aromatic nitrogens is 2. The van der Waals surface area contributed by atoms with Crippen molar-refractivity contribution in [3.05, 3.63) is 52.8 Å². The van der Waals surface area contributed by atoms with Gasteiger partial charge in [0, 0.05) is 24.8 Å². The molecule has 0 unspecified atom stereocenters. The molecule has 0 bridgehead atoms. The maximum Gasteiger partial charge on any atom is 0.257 e.